The van der Waals surface area contributed by atoms with Crippen LogP contribution in [0.5, 0.6) is 0 Å². The van der Waals surface area contributed by atoms with Gasteiger partial charge in [0.1, 0.15) is 0 Å². The fourth-order valence-corrected chi connectivity index (χ4v) is 3.37. The van der Waals surface area contributed by atoms with Gasteiger partial charge in [-0.3, -0.25) is 4.79 Å². The number of rotatable bonds is 8. The van der Waals surface area contributed by atoms with E-state index < -0.39 is 10.0 Å². The molecule has 136 valence electrons. The summed E-state index contributed by atoms with van der Waals surface area (Å²) in [6, 6.07) is 6.47. The number of ether oxygens (including phenoxy) is 1. The number of carbonyl (C=O) groups is 1. The Morgan fingerprint density at radius 2 is 2.00 bits per heavy atom. The second-order valence-electron chi connectivity index (χ2n) is 5.44. The zero-order valence-electron chi connectivity index (χ0n) is 13.6. The monoisotopic (exact) mass is 377 g/mol. The summed E-state index contributed by atoms with van der Waals surface area (Å²) >= 11 is 0. The molecular weight excluding hydrogens is 354 g/mol. The predicted octanol–water partition coefficient (Wildman–Crippen LogP) is 0.401. The fraction of sp³-hybridized carbons (Fsp3) is 0.533. The summed E-state index contributed by atoms with van der Waals surface area (Å²) in [6.07, 6.45) is 1.82. The summed E-state index contributed by atoms with van der Waals surface area (Å²) in [7, 11) is -1.83. The molecule has 7 nitrogen and oxygen atoms in total. The lowest BCUT2D eigenvalue weighted by Gasteiger charge is -2.12. The van der Waals surface area contributed by atoms with Crippen molar-refractivity contribution in [3.05, 3.63) is 29.8 Å². The molecule has 1 fully saturated rings. The first-order valence-corrected chi connectivity index (χ1v) is 9.11. The molecule has 0 radical (unpaired) electrons. The van der Waals surface area contributed by atoms with Gasteiger partial charge in [-0.1, -0.05) is 12.1 Å². The van der Waals surface area contributed by atoms with E-state index in [2.05, 4.69) is 15.4 Å². The highest BCUT2D eigenvalue weighted by molar-refractivity contribution is 7.89. The second-order valence-corrected chi connectivity index (χ2v) is 7.20. The minimum Gasteiger partial charge on any atom is -0.377 e. The first kappa shape index (κ1) is 20.9. The summed E-state index contributed by atoms with van der Waals surface area (Å²) in [4.78, 5) is 11.6. The number of hydrogen-bond acceptors (Lipinski definition) is 5. The summed E-state index contributed by atoms with van der Waals surface area (Å²) in [5, 5.41) is 5.50. The van der Waals surface area contributed by atoms with Crippen LogP contribution in [0.3, 0.4) is 0 Å². The Morgan fingerprint density at radius 1 is 1.29 bits per heavy atom. The zero-order valence-corrected chi connectivity index (χ0v) is 15.2. The highest BCUT2D eigenvalue weighted by Crippen LogP contribution is 2.14. The number of hydrogen-bond donors (Lipinski definition) is 3. The third-order valence-corrected chi connectivity index (χ3v) is 5.03. The van der Waals surface area contributed by atoms with Crippen LogP contribution < -0.4 is 15.4 Å². The quantitative estimate of drug-likeness (QED) is 0.609. The molecule has 0 saturated carbocycles. The highest BCUT2D eigenvalue weighted by atomic mass is 35.5. The van der Waals surface area contributed by atoms with E-state index in [1.54, 1.807) is 19.2 Å². The summed E-state index contributed by atoms with van der Waals surface area (Å²) in [5.41, 5.74) is 0.840. The highest BCUT2D eigenvalue weighted by Gasteiger charge is 2.20. The molecule has 3 N–H and O–H groups in total. The number of benzene rings is 1. The van der Waals surface area contributed by atoms with Crippen molar-refractivity contribution in [2.45, 2.75) is 30.4 Å². The van der Waals surface area contributed by atoms with Gasteiger partial charge >= 0.3 is 0 Å². The molecule has 0 aromatic heterocycles. The largest absolute Gasteiger partial charge is 0.377 e. The number of sulfonamides is 1. The Morgan fingerprint density at radius 3 is 2.58 bits per heavy atom. The van der Waals surface area contributed by atoms with Crippen molar-refractivity contribution < 1.29 is 17.9 Å². The molecule has 1 unspecified atom stereocenters. The molecule has 1 aliphatic heterocycles. The Labute approximate surface area is 149 Å². The molecule has 1 heterocycles. The number of amides is 1. The van der Waals surface area contributed by atoms with Gasteiger partial charge < -0.3 is 15.4 Å². The van der Waals surface area contributed by atoms with E-state index in [9.17, 15) is 13.2 Å². The van der Waals surface area contributed by atoms with Crippen molar-refractivity contribution in [2.24, 2.45) is 0 Å². The van der Waals surface area contributed by atoms with Gasteiger partial charge in [-0.25, -0.2) is 13.1 Å². The Kier molecular flexibility index (Phi) is 8.65. The molecule has 1 aromatic carbocycles. The van der Waals surface area contributed by atoms with Gasteiger partial charge in [-0.05, 0) is 37.6 Å². The van der Waals surface area contributed by atoms with E-state index in [0.29, 0.717) is 19.7 Å². The van der Waals surface area contributed by atoms with Crippen LogP contribution in [0.2, 0.25) is 0 Å². The average molecular weight is 378 g/mol. The van der Waals surface area contributed by atoms with Crippen LogP contribution in [0, 0.1) is 0 Å². The van der Waals surface area contributed by atoms with Crippen molar-refractivity contribution in [2.75, 3.05) is 26.7 Å². The predicted molar refractivity (Wildman–Crippen MR) is 93.6 cm³/mol. The lowest BCUT2D eigenvalue weighted by molar-refractivity contribution is -0.120. The van der Waals surface area contributed by atoms with Crippen LogP contribution in [0.4, 0.5) is 0 Å². The number of nitrogens with one attached hydrogen (secondary N) is 3. The summed E-state index contributed by atoms with van der Waals surface area (Å²) in [6.45, 7) is 1.61. The molecular formula is C15H24ClN3O4S. The van der Waals surface area contributed by atoms with E-state index in [4.69, 9.17) is 4.74 Å². The molecule has 24 heavy (non-hydrogen) atoms. The SMILES string of the molecule is CNCC(=O)NCc1ccc(S(=O)(=O)NCC2CCCO2)cc1.Cl. The average Bonchev–Trinajstić information content (AvgIpc) is 3.05. The molecule has 9 heteroatoms. The van der Waals surface area contributed by atoms with Gasteiger partial charge in [0.15, 0.2) is 0 Å². The van der Waals surface area contributed by atoms with Crippen LogP contribution in [-0.4, -0.2) is 47.2 Å². The molecule has 2 rings (SSSR count). The smallest absolute Gasteiger partial charge is 0.240 e. The Bertz CT molecular complexity index is 616. The fourth-order valence-electron chi connectivity index (χ4n) is 2.30. The topological polar surface area (TPSA) is 96.5 Å². The first-order valence-electron chi connectivity index (χ1n) is 7.63. The normalized spacial score (nSPS) is 17.3. The molecule has 1 aliphatic rings. The van der Waals surface area contributed by atoms with Crippen LogP contribution in [0.25, 0.3) is 0 Å². The van der Waals surface area contributed by atoms with Gasteiger partial charge in [-0.15, -0.1) is 12.4 Å². The zero-order chi connectivity index (χ0) is 16.7. The standard InChI is InChI=1S/C15H23N3O4S.ClH/c1-16-11-15(19)17-9-12-4-6-14(7-5-12)23(20,21)18-10-13-3-2-8-22-13;/h4-7,13,16,18H,2-3,8-11H2,1H3,(H,17,19);1H. The van der Waals surface area contributed by atoms with Crippen LogP contribution in [-0.2, 0) is 26.1 Å². The molecule has 1 atom stereocenters. The molecule has 0 bridgehead atoms. The van der Waals surface area contributed by atoms with Gasteiger partial charge in [-0.2, -0.15) is 0 Å². The van der Waals surface area contributed by atoms with Gasteiger partial charge in [0.25, 0.3) is 0 Å². The van der Waals surface area contributed by atoms with Crippen LogP contribution in [0.1, 0.15) is 18.4 Å². The van der Waals surface area contributed by atoms with Crippen molar-refractivity contribution in [1.82, 2.24) is 15.4 Å². The van der Waals surface area contributed by atoms with Crippen molar-refractivity contribution >= 4 is 28.3 Å². The summed E-state index contributed by atoms with van der Waals surface area (Å²) < 4.78 is 32.4. The van der Waals surface area contributed by atoms with Crippen LogP contribution >= 0.6 is 12.4 Å². The van der Waals surface area contributed by atoms with Crippen molar-refractivity contribution in [3.8, 4) is 0 Å². The van der Waals surface area contributed by atoms with E-state index in [1.807, 2.05) is 0 Å². The lowest BCUT2D eigenvalue weighted by atomic mass is 10.2. The maximum Gasteiger partial charge on any atom is 0.240 e. The Hall–Kier alpha value is -1.19. The van der Waals surface area contributed by atoms with E-state index in [0.717, 1.165) is 18.4 Å². The molecule has 0 aliphatic carbocycles. The van der Waals surface area contributed by atoms with Crippen molar-refractivity contribution in [1.29, 1.82) is 0 Å². The molecule has 1 saturated heterocycles. The maximum absolute atomic E-state index is 12.2. The van der Waals surface area contributed by atoms with Gasteiger partial charge in [0.05, 0.1) is 17.5 Å². The van der Waals surface area contributed by atoms with Gasteiger partial charge in [0.2, 0.25) is 15.9 Å². The number of halogens is 1. The number of likely N-dealkylation sites (N-methyl/N-ethyl adjacent to an activating group) is 1. The molecule has 1 aromatic rings. The van der Waals surface area contributed by atoms with E-state index in [-0.39, 0.29) is 35.9 Å². The van der Waals surface area contributed by atoms with Crippen LogP contribution in [0.15, 0.2) is 29.2 Å². The van der Waals surface area contributed by atoms with Gasteiger partial charge in [0, 0.05) is 19.7 Å². The van der Waals surface area contributed by atoms with Crippen molar-refractivity contribution in [3.63, 3.8) is 0 Å². The third-order valence-electron chi connectivity index (χ3n) is 3.59. The van der Waals surface area contributed by atoms with E-state index >= 15 is 0 Å². The number of carbonyl (C=O) groups excluding carboxylic acids is 1. The minimum atomic E-state index is -3.53. The second kappa shape index (κ2) is 9.95. The first-order chi connectivity index (χ1) is 11.0. The molecule has 1 amide bonds. The lowest BCUT2D eigenvalue weighted by Crippen LogP contribution is -2.32. The maximum atomic E-state index is 12.2. The summed E-state index contributed by atoms with van der Waals surface area (Å²) in [5.74, 6) is -0.109. The Balaban J connectivity index is 0.00000288. The third kappa shape index (κ3) is 6.37. The van der Waals surface area contributed by atoms with E-state index in [1.165, 1.54) is 12.1 Å². The minimum absolute atomic E-state index is 0. The molecule has 0 spiro atoms.